The Balaban J connectivity index is 1.55. The number of nitrogens with one attached hydrogen (secondary N) is 3. The number of nitrogens with zero attached hydrogens (tertiary/aromatic N) is 2. The lowest BCUT2D eigenvalue weighted by atomic mass is 10.1. The molecule has 4 N–H and O–H groups in total. The van der Waals surface area contributed by atoms with E-state index in [9.17, 15) is 23.1 Å². The van der Waals surface area contributed by atoms with E-state index in [4.69, 9.17) is 0 Å². The Bertz CT molecular complexity index is 1500. The van der Waals surface area contributed by atoms with Gasteiger partial charge >= 0.3 is 6.03 Å². The van der Waals surface area contributed by atoms with E-state index in [2.05, 4.69) is 15.6 Å². The van der Waals surface area contributed by atoms with E-state index in [0.717, 1.165) is 34.6 Å². The van der Waals surface area contributed by atoms with Crippen LogP contribution in [0.5, 0.6) is 5.88 Å². The number of amides is 2. The lowest BCUT2D eigenvalue weighted by Gasteiger charge is -2.12. The lowest BCUT2D eigenvalue weighted by Crippen LogP contribution is -2.34. The highest BCUT2D eigenvalue weighted by Gasteiger charge is 2.19. The number of thiophene rings is 1. The predicted molar refractivity (Wildman–Crippen MR) is 131 cm³/mol. The molecule has 0 aliphatic heterocycles. The van der Waals surface area contributed by atoms with Crippen molar-refractivity contribution in [2.45, 2.75) is 17.6 Å². The van der Waals surface area contributed by atoms with Gasteiger partial charge in [-0.05, 0) is 53.6 Å². The second-order valence-corrected chi connectivity index (χ2v) is 10.1. The number of carbonyl (C=O) groups excluding carboxylic acids is 1. The summed E-state index contributed by atoms with van der Waals surface area (Å²) in [4.78, 5) is 28.9. The number of aromatic hydroxyl groups is 1. The zero-order chi connectivity index (χ0) is 24.3. The van der Waals surface area contributed by atoms with Crippen molar-refractivity contribution in [1.82, 2.24) is 14.3 Å². The third kappa shape index (κ3) is 4.87. The normalized spacial score (nSPS) is 11.3. The fourth-order valence-corrected chi connectivity index (χ4v) is 5.15. The van der Waals surface area contributed by atoms with Crippen LogP contribution in [-0.2, 0) is 10.0 Å². The average molecular weight is 500 g/mol. The molecule has 0 saturated carbocycles. The van der Waals surface area contributed by atoms with E-state index < -0.39 is 21.6 Å². The molecule has 2 amide bonds. The molecule has 1 aromatic carbocycles. The van der Waals surface area contributed by atoms with Crippen molar-refractivity contribution in [3.63, 3.8) is 0 Å². The second kappa shape index (κ2) is 9.53. The summed E-state index contributed by atoms with van der Waals surface area (Å²) in [5, 5.41) is 19.0. The van der Waals surface area contributed by atoms with E-state index >= 15 is 0 Å². The van der Waals surface area contributed by atoms with Gasteiger partial charge in [0.15, 0.2) is 0 Å². The predicted octanol–water partition coefficient (Wildman–Crippen LogP) is 3.49. The number of hydrogen-bond donors (Lipinski definition) is 4. The van der Waals surface area contributed by atoms with Gasteiger partial charge in [-0.25, -0.2) is 27.5 Å². The molecular formula is C22H21N5O5S2. The van der Waals surface area contributed by atoms with Crippen LogP contribution < -0.4 is 20.9 Å². The van der Waals surface area contributed by atoms with Gasteiger partial charge in [-0.15, -0.1) is 11.3 Å². The standard InChI is InChI=1S/C22H21N5O5S2/c1-2-9-23-15-5-7-17-14(11-15)12-19(28)27(21(17)29)18-8-6-16(13-24-18)25-22(30)26-34(31,32)20-4-3-10-33-20/h3-8,10-13,23,29H,2,9H2,1H3,(H2,25,26,30). The number of fused-ring (bicyclic) bond motifs is 1. The molecule has 0 spiro atoms. The first-order chi connectivity index (χ1) is 16.3. The number of carbonyl (C=O) groups is 1. The SMILES string of the molecule is CCCNc1ccc2c(O)n(-c3ccc(NC(=O)NS(=O)(=O)c4cccs4)cn3)c(=O)cc2c1. The number of benzene rings is 1. The Kier molecular flexibility index (Phi) is 6.52. The smallest absolute Gasteiger partial charge is 0.333 e. The van der Waals surface area contributed by atoms with Crippen molar-refractivity contribution >= 4 is 49.5 Å². The van der Waals surface area contributed by atoms with E-state index in [1.807, 2.05) is 17.7 Å². The third-order valence-electron chi connectivity index (χ3n) is 4.80. The van der Waals surface area contributed by atoms with Crippen molar-refractivity contribution in [3.8, 4) is 11.7 Å². The van der Waals surface area contributed by atoms with E-state index in [1.54, 1.807) is 23.6 Å². The Morgan fingerprint density at radius 3 is 2.62 bits per heavy atom. The van der Waals surface area contributed by atoms with Crippen molar-refractivity contribution in [3.05, 3.63) is 70.5 Å². The molecule has 0 unspecified atom stereocenters. The number of rotatable bonds is 7. The van der Waals surface area contributed by atoms with Crippen LogP contribution >= 0.6 is 11.3 Å². The van der Waals surface area contributed by atoms with Crippen LogP contribution in [-0.4, -0.2) is 35.7 Å². The molecule has 0 saturated heterocycles. The average Bonchev–Trinajstić information content (AvgIpc) is 3.34. The molecular weight excluding hydrogens is 478 g/mol. The van der Waals surface area contributed by atoms with Gasteiger partial charge in [0, 0.05) is 23.7 Å². The number of pyridine rings is 2. The Hall–Kier alpha value is -3.90. The highest BCUT2D eigenvalue weighted by atomic mass is 32.2. The van der Waals surface area contributed by atoms with Gasteiger partial charge in [-0.2, -0.15) is 0 Å². The maximum absolute atomic E-state index is 12.7. The van der Waals surface area contributed by atoms with Gasteiger partial charge < -0.3 is 15.7 Å². The number of aromatic nitrogens is 2. The molecule has 0 radical (unpaired) electrons. The Labute approximate surface area is 199 Å². The van der Waals surface area contributed by atoms with Crippen molar-refractivity contribution in [2.24, 2.45) is 0 Å². The van der Waals surface area contributed by atoms with Crippen LogP contribution in [0.4, 0.5) is 16.2 Å². The quantitative estimate of drug-likeness (QED) is 0.305. The fourth-order valence-electron chi connectivity index (χ4n) is 3.25. The molecule has 176 valence electrons. The van der Waals surface area contributed by atoms with E-state index in [1.165, 1.54) is 30.5 Å². The van der Waals surface area contributed by atoms with Crippen molar-refractivity contribution < 1.29 is 18.3 Å². The first kappa shape index (κ1) is 23.3. The molecule has 3 aromatic heterocycles. The van der Waals surface area contributed by atoms with E-state index in [-0.39, 0.29) is 21.6 Å². The molecule has 12 heteroatoms. The van der Waals surface area contributed by atoms with Crippen molar-refractivity contribution in [2.75, 3.05) is 17.2 Å². The lowest BCUT2D eigenvalue weighted by molar-refractivity contribution is 0.256. The minimum atomic E-state index is -3.97. The first-order valence-electron chi connectivity index (χ1n) is 10.2. The summed E-state index contributed by atoms with van der Waals surface area (Å²) in [6, 6.07) is 11.6. The highest BCUT2D eigenvalue weighted by Crippen LogP contribution is 2.27. The molecule has 10 nitrogen and oxygen atoms in total. The zero-order valence-electron chi connectivity index (χ0n) is 18.0. The van der Waals surface area contributed by atoms with Gasteiger partial charge in [0.1, 0.15) is 10.0 Å². The van der Waals surface area contributed by atoms with Gasteiger partial charge in [-0.1, -0.05) is 13.0 Å². The minimum Gasteiger partial charge on any atom is -0.494 e. The van der Waals surface area contributed by atoms with Crippen LogP contribution in [0.25, 0.3) is 16.6 Å². The molecule has 0 aliphatic rings. The largest absolute Gasteiger partial charge is 0.494 e. The van der Waals surface area contributed by atoms with Gasteiger partial charge in [0.2, 0.25) is 5.88 Å². The van der Waals surface area contributed by atoms with Crippen LogP contribution in [0.2, 0.25) is 0 Å². The number of urea groups is 1. The summed E-state index contributed by atoms with van der Waals surface area (Å²) in [6.07, 6.45) is 2.20. The van der Waals surface area contributed by atoms with E-state index in [0.29, 0.717) is 10.8 Å². The summed E-state index contributed by atoms with van der Waals surface area (Å²) < 4.78 is 27.3. The number of anilines is 2. The molecule has 0 aliphatic carbocycles. The van der Waals surface area contributed by atoms with Crippen LogP contribution in [0.15, 0.2) is 69.1 Å². The topological polar surface area (TPSA) is 142 Å². The van der Waals surface area contributed by atoms with Gasteiger partial charge in [-0.3, -0.25) is 4.79 Å². The number of sulfonamides is 1. The second-order valence-electron chi connectivity index (χ2n) is 7.27. The van der Waals surface area contributed by atoms with Crippen LogP contribution in [0.3, 0.4) is 0 Å². The Morgan fingerprint density at radius 1 is 1.15 bits per heavy atom. The van der Waals surface area contributed by atoms with Gasteiger partial charge in [0.25, 0.3) is 15.6 Å². The fraction of sp³-hybridized carbons (Fsp3) is 0.136. The van der Waals surface area contributed by atoms with Crippen LogP contribution in [0, 0.1) is 0 Å². The first-order valence-corrected chi connectivity index (χ1v) is 12.6. The molecule has 4 aromatic rings. The summed E-state index contributed by atoms with van der Waals surface area (Å²) >= 11 is 0.983. The highest BCUT2D eigenvalue weighted by molar-refractivity contribution is 7.92. The molecule has 34 heavy (non-hydrogen) atoms. The zero-order valence-corrected chi connectivity index (χ0v) is 19.6. The molecule has 0 atom stereocenters. The van der Waals surface area contributed by atoms with Gasteiger partial charge in [0.05, 0.1) is 11.9 Å². The summed E-state index contributed by atoms with van der Waals surface area (Å²) in [7, 11) is -3.97. The third-order valence-corrected chi connectivity index (χ3v) is 7.53. The molecule has 3 heterocycles. The van der Waals surface area contributed by atoms with Crippen molar-refractivity contribution in [1.29, 1.82) is 0 Å². The summed E-state index contributed by atoms with van der Waals surface area (Å²) in [5.41, 5.74) is 0.562. The molecule has 4 rings (SSSR count). The maximum atomic E-state index is 12.7. The maximum Gasteiger partial charge on any atom is 0.333 e. The number of hydrogen-bond acceptors (Lipinski definition) is 8. The monoisotopic (exact) mass is 499 g/mol. The Morgan fingerprint density at radius 2 is 1.94 bits per heavy atom. The summed E-state index contributed by atoms with van der Waals surface area (Å²) in [5.74, 6) is -0.132. The molecule has 0 fully saturated rings. The summed E-state index contributed by atoms with van der Waals surface area (Å²) in [6.45, 7) is 2.84. The minimum absolute atomic E-state index is 0.00976. The van der Waals surface area contributed by atoms with Crippen LogP contribution in [0.1, 0.15) is 13.3 Å². The molecule has 0 bridgehead atoms.